The third-order valence-electron chi connectivity index (χ3n) is 5.78. The highest BCUT2D eigenvalue weighted by Crippen LogP contribution is 2.20. The summed E-state index contributed by atoms with van der Waals surface area (Å²) in [6, 6.07) is 12.2. The molecule has 0 N–H and O–H groups in total. The van der Waals surface area contributed by atoms with Gasteiger partial charge in [0.25, 0.3) is 0 Å². The van der Waals surface area contributed by atoms with Crippen LogP contribution in [0.2, 0.25) is 0 Å². The molecule has 2 aromatic rings. The van der Waals surface area contributed by atoms with Gasteiger partial charge in [0.2, 0.25) is 11.8 Å². The smallest absolute Gasteiger partial charge is 0.242 e. The van der Waals surface area contributed by atoms with Crippen molar-refractivity contribution >= 4 is 17.6 Å². The molecule has 0 bridgehead atoms. The van der Waals surface area contributed by atoms with Crippen LogP contribution in [0.1, 0.15) is 32.3 Å². The van der Waals surface area contributed by atoms with Crippen LogP contribution in [0.5, 0.6) is 0 Å². The van der Waals surface area contributed by atoms with Gasteiger partial charge in [-0.2, -0.15) is 0 Å². The number of hydrogen-bond donors (Lipinski definition) is 0. The fraction of sp³-hybridized carbons (Fsp3) is 0.462. The molecule has 7 heteroatoms. The van der Waals surface area contributed by atoms with Crippen molar-refractivity contribution in [2.24, 2.45) is 5.92 Å². The highest BCUT2D eigenvalue weighted by atomic mass is 16.2. The molecule has 1 aromatic carbocycles. The van der Waals surface area contributed by atoms with Gasteiger partial charge >= 0.3 is 0 Å². The molecule has 1 aliphatic rings. The molecule has 0 radical (unpaired) electrons. The van der Waals surface area contributed by atoms with E-state index >= 15 is 0 Å². The predicted molar refractivity (Wildman–Crippen MR) is 132 cm³/mol. The number of carbonyl (C=O) groups is 2. The van der Waals surface area contributed by atoms with Crippen LogP contribution in [0.25, 0.3) is 11.3 Å². The molecule has 2 heterocycles. The topological polar surface area (TPSA) is 69.6 Å². The average Bonchev–Trinajstić information content (AvgIpc) is 3.05. The van der Waals surface area contributed by atoms with Crippen LogP contribution in [-0.4, -0.2) is 71.1 Å². The van der Waals surface area contributed by atoms with Gasteiger partial charge in [-0.15, -0.1) is 16.8 Å². The van der Waals surface area contributed by atoms with E-state index in [2.05, 4.69) is 52.9 Å². The molecule has 1 fully saturated rings. The highest BCUT2D eigenvalue weighted by Gasteiger charge is 2.24. The van der Waals surface area contributed by atoms with Crippen LogP contribution < -0.4 is 4.90 Å². The van der Waals surface area contributed by atoms with Crippen LogP contribution in [0.3, 0.4) is 0 Å². The SMILES string of the molecule is C=CCN(CC(=O)N1CCCN(c2ccc(-c3ccc(C)cc3)nn2)CC1)C(=O)CC(C)C. The van der Waals surface area contributed by atoms with Crippen molar-refractivity contribution in [2.45, 2.75) is 33.6 Å². The number of hydrogen-bond acceptors (Lipinski definition) is 5. The van der Waals surface area contributed by atoms with E-state index in [0.717, 1.165) is 30.0 Å². The Morgan fingerprint density at radius 2 is 1.82 bits per heavy atom. The lowest BCUT2D eigenvalue weighted by Crippen LogP contribution is -2.44. The Morgan fingerprint density at radius 1 is 1.06 bits per heavy atom. The third-order valence-corrected chi connectivity index (χ3v) is 5.78. The zero-order chi connectivity index (χ0) is 23.8. The molecule has 1 aliphatic heterocycles. The van der Waals surface area contributed by atoms with Crippen molar-refractivity contribution in [1.82, 2.24) is 20.0 Å². The first kappa shape index (κ1) is 24.4. The van der Waals surface area contributed by atoms with Gasteiger partial charge in [-0.25, -0.2) is 0 Å². The number of nitrogens with zero attached hydrogens (tertiary/aromatic N) is 5. The summed E-state index contributed by atoms with van der Waals surface area (Å²) in [5.74, 6) is 1.06. The second kappa shape index (κ2) is 11.6. The minimum Gasteiger partial charge on any atom is -0.353 e. The molecule has 0 saturated carbocycles. The van der Waals surface area contributed by atoms with Gasteiger partial charge in [0, 0.05) is 44.7 Å². The second-order valence-corrected chi connectivity index (χ2v) is 9.03. The molecule has 1 saturated heterocycles. The molecule has 0 spiro atoms. The van der Waals surface area contributed by atoms with Crippen molar-refractivity contribution in [3.63, 3.8) is 0 Å². The standard InChI is InChI=1S/C26H35N5O2/c1-5-13-31(25(32)18-20(2)3)19-26(33)30-15-6-14-29(16-17-30)24-12-11-23(27-28-24)22-9-7-21(4)8-10-22/h5,7-12,20H,1,6,13-19H2,2-4H3. The summed E-state index contributed by atoms with van der Waals surface area (Å²) in [4.78, 5) is 31.1. The Hall–Kier alpha value is -3.22. The molecular weight excluding hydrogens is 414 g/mol. The average molecular weight is 450 g/mol. The monoisotopic (exact) mass is 449 g/mol. The molecule has 0 aliphatic carbocycles. The van der Waals surface area contributed by atoms with E-state index in [1.807, 2.05) is 30.9 Å². The molecule has 3 rings (SSSR count). The normalized spacial score (nSPS) is 14.2. The molecule has 176 valence electrons. The highest BCUT2D eigenvalue weighted by molar-refractivity contribution is 5.85. The molecule has 0 atom stereocenters. The fourth-order valence-electron chi connectivity index (χ4n) is 3.92. The first-order valence-corrected chi connectivity index (χ1v) is 11.7. The Labute approximate surface area is 197 Å². The lowest BCUT2D eigenvalue weighted by atomic mass is 10.1. The second-order valence-electron chi connectivity index (χ2n) is 9.03. The minimum atomic E-state index is -0.0170. The van der Waals surface area contributed by atoms with E-state index in [-0.39, 0.29) is 24.3 Å². The van der Waals surface area contributed by atoms with Crippen molar-refractivity contribution in [2.75, 3.05) is 44.2 Å². The number of carbonyl (C=O) groups excluding carboxylic acids is 2. The van der Waals surface area contributed by atoms with Gasteiger partial charge in [0.05, 0.1) is 5.69 Å². The van der Waals surface area contributed by atoms with Crippen molar-refractivity contribution in [3.05, 3.63) is 54.6 Å². The van der Waals surface area contributed by atoms with E-state index in [1.54, 1.807) is 11.0 Å². The summed E-state index contributed by atoms with van der Waals surface area (Å²) in [6.07, 6.45) is 2.95. The summed E-state index contributed by atoms with van der Waals surface area (Å²) < 4.78 is 0. The number of amides is 2. The Morgan fingerprint density at radius 3 is 2.45 bits per heavy atom. The quantitative estimate of drug-likeness (QED) is 0.577. The Bertz CT molecular complexity index is 940. The van der Waals surface area contributed by atoms with Crippen LogP contribution in [0, 0.1) is 12.8 Å². The lowest BCUT2D eigenvalue weighted by Gasteiger charge is -2.27. The van der Waals surface area contributed by atoms with Gasteiger partial charge in [0.15, 0.2) is 5.82 Å². The number of anilines is 1. The molecule has 33 heavy (non-hydrogen) atoms. The van der Waals surface area contributed by atoms with Crippen LogP contribution in [-0.2, 0) is 9.59 Å². The number of aromatic nitrogens is 2. The molecular formula is C26H35N5O2. The van der Waals surface area contributed by atoms with Gasteiger partial charge < -0.3 is 14.7 Å². The maximum atomic E-state index is 12.9. The number of aryl methyl sites for hydroxylation is 1. The third kappa shape index (κ3) is 6.88. The maximum absolute atomic E-state index is 12.9. The van der Waals surface area contributed by atoms with E-state index in [0.29, 0.717) is 32.6 Å². The van der Waals surface area contributed by atoms with Crippen LogP contribution in [0.15, 0.2) is 49.1 Å². The van der Waals surface area contributed by atoms with Gasteiger partial charge in [-0.1, -0.05) is 49.8 Å². The molecule has 7 nitrogen and oxygen atoms in total. The predicted octanol–water partition coefficient (Wildman–Crippen LogP) is 3.55. The van der Waals surface area contributed by atoms with Crippen molar-refractivity contribution < 1.29 is 9.59 Å². The Balaban J connectivity index is 1.59. The summed E-state index contributed by atoms with van der Waals surface area (Å²) in [7, 11) is 0. The van der Waals surface area contributed by atoms with Gasteiger partial charge in [-0.3, -0.25) is 9.59 Å². The first-order valence-electron chi connectivity index (χ1n) is 11.7. The number of rotatable bonds is 8. The van der Waals surface area contributed by atoms with Crippen LogP contribution >= 0.6 is 0 Å². The number of benzene rings is 1. The summed E-state index contributed by atoms with van der Waals surface area (Å²) in [6.45, 7) is 13.1. The largest absolute Gasteiger partial charge is 0.353 e. The fourth-order valence-corrected chi connectivity index (χ4v) is 3.92. The summed E-state index contributed by atoms with van der Waals surface area (Å²) >= 11 is 0. The molecule has 2 amide bonds. The molecule has 1 aromatic heterocycles. The maximum Gasteiger partial charge on any atom is 0.242 e. The van der Waals surface area contributed by atoms with E-state index in [9.17, 15) is 9.59 Å². The zero-order valence-corrected chi connectivity index (χ0v) is 20.0. The van der Waals surface area contributed by atoms with E-state index < -0.39 is 0 Å². The van der Waals surface area contributed by atoms with Crippen molar-refractivity contribution in [1.29, 1.82) is 0 Å². The first-order chi connectivity index (χ1) is 15.9. The zero-order valence-electron chi connectivity index (χ0n) is 20.0. The lowest BCUT2D eigenvalue weighted by molar-refractivity contribution is -0.140. The molecule has 0 unspecified atom stereocenters. The van der Waals surface area contributed by atoms with E-state index in [4.69, 9.17) is 0 Å². The van der Waals surface area contributed by atoms with Gasteiger partial charge in [-0.05, 0) is 31.4 Å². The van der Waals surface area contributed by atoms with Crippen LogP contribution in [0.4, 0.5) is 5.82 Å². The van der Waals surface area contributed by atoms with E-state index in [1.165, 1.54) is 5.56 Å². The summed E-state index contributed by atoms with van der Waals surface area (Å²) in [5, 5.41) is 8.86. The van der Waals surface area contributed by atoms with Crippen molar-refractivity contribution in [3.8, 4) is 11.3 Å². The summed E-state index contributed by atoms with van der Waals surface area (Å²) in [5.41, 5.74) is 3.10. The van der Waals surface area contributed by atoms with Gasteiger partial charge in [0.1, 0.15) is 6.54 Å². The Kier molecular flexibility index (Phi) is 8.58. The minimum absolute atomic E-state index is 0.00126.